The molecule has 8 nitrogen and oxygen atoms in total. The van der Waals surface area contributed by atoms with Crippen LogP contribution in [0, 0.1) is 6.92 Å². The summed E-state index contributed by atoms with van der Waals surface area (Å²) in [7, 11) is 0. The Morgan fingerprint density at radius 3 is 2.32 bits per heavy atom. The molecule has 2 aliphatic rings. The minimum absolute atomic E-state index is 0.702. The summed E-state index contributed by atoms with van der Waals surface area (Å²) in [5, 5.41) is 10.8. The average Bonchev–Trinajstić information content (AvgIpc) is 3.07. The number of anilines is 2. The number of benzene rings is 2. The largest absolute Gasteiger partial charge is 0.494 e. The molecule has 8 heteroatoms. The monoisotopic (exact) mass is 599 g/mol. The summed E-state index contributed by atoms with van der Waals surface area (Å²) in [6, 6.07) is 21.8. The third-order valence-electron chi connectivity index (χ3n) is 8.79. The van der Waals surface area contributed by atoms with Crippen LogP contribution in [0.1, 0.15) is 68.2 Å². The number of piperazine rings is 1. The van der Waals surface area contributed by atoms with E-state index in [1.54, 1.807) is 0 Å². The van der Waals surface area contributed by atoms with Crippen LogP contribution in [0.25, 0.3) is 0 Å². The van der Waals surface area contributed by atoms with Crippen molar-refractivity contribution in [2.24, 2.45) is 0 Å². The second kappa shape index (κ2) is 17.9. The van der Waals surface area contributed by atoms with Crippen LogP contribution >= 0.6 is 0 Å². The van der Waals surface area contributed by atoms with Gasteiger partial charge in [-0.05, 0) is 81.9 Å². The van der Waals surface area contributed by atoms with Gasteiger partial charge in [-0.3, -0.25) is 4.90 Å². The van der Waals surface area contributed by atoms with Gasteiger partial charge in [-0.25, -0.2) is 4.98 Å². The van der Waals surface area contributed by atoms with Crippen molar-refractivity contribution < 1.29 is 4.74 Å². The molecule has 0 unspecified atom stereocenters. The summed E-state index contributed by atoms with van der Waals surface area (Å²) in [6.07, 6.45) is 10.3. The first kappa shape index (κ1) is 32.2. The van der Waals surface area contributed by atoms with Gasteiger partial charge in [0.15, 0.2) is 0 Å². The van der Waals surface area contributed by atoms with Crippen molar-refractivity contribution in [3.8, 4) is 5.75 Å². The number of aromatic nitrogens is 2. The van der Waals surface area contributed by atoms with Crippen LogP contribution in [0.2, 0.25) is 0 Å². The van der Waals surface area contributed by atoms with Crippen molar-refractivity contribution in [3.63, 3.8) is 0 Å². The number of nitrogens with zero attached hydrogens (tertiary/aromatic N) is 4. The van der Waals surface area contributed by atoms with Crippen LogP contribution in [-0.4, -0.2) is 73.3 Å². The molecular formula is C36H53N7O. The molecule has 44 heavy (non-hydrogen) atoms. The standard InChI is InChI=1S/C36H53N7O/c1-30-27-35(43-24-22-42(23-25-43)21-8-9-26-44-34-13-6-3-7-14-34)41-36(40-30)39-29-32-17-15-31(16-18-32)28-37-19-10-20-38-33-11-4-2-5-12-33/h3,6-7,13-18,27,33,37-38H,2,4-5,8-12,19-26,28-29H2,1H3,(H,39,40,41). The maximum Gasteiger partial charge on any atom is 0.225 e. The maximum atomic E-state index is 5.83. The van der Waals surface area contributed by atoms with E-state index in [0.717, 1.165) is 95.1 Å². The lowest BCUT2D eigenvalue weighted by Gasteiger charge is -2.35. The van der Waals surface area contributed by atoms with Gasteiger partial charge in [0.2, 0.25) is 5.95 Å². The Balaban J connectivity index is 0.963. The van der Waals surface area contributed by atoms with Crippen LogP contribution in [-0.2, 0) is 13.1 Å². The van der Waals surface area contributed by atoms with Gasteiger partial charge in [0.1, 0.15) is 11.6 Å². The van der Waals surface area contributed by atoms with Crippen LogP contribution in [0.4, 0.5) is 11.8 Å². The van der Waals surface area contributed by atoms with Gasteiger partial charge < -0.3 is 25.6 Å². The molecule has 1 saturated carbocycles. The predicted octanol–water partition coefficient (Wildman–Crippen LogP) is 5.78. The van der Waals surface area contributed by atoms with Crippen molar-refractivity contribution in [2.45, 2.75) is 77.4 Å². The first-order valence-corrected chi connectivity index (χ1v) is 17.0. The number of hydrogen-bond donors (Lipinski definition) is 3. The lowest BCUT2D eigenvalue weighted by Crippen LogP contribution is -2.47. The predicted molar refractivity (Wildman–Crippen MR) is 182 cm³/mol. The highest BCUT2D eigenvalue weighted by Gasteiger charge is 2.19. The van der Waals surface area contributed by atoms with Gasteiger partial charge in [0.05, 0.1) is 6.61 Å². The van der Waals surface area contributed by atoms with Crippen LogP contribution < -0.4 is 25.6 Å². The molecule has 3 N–H and O–H groups in total. The molecule has 2 fully saturated rings. The second-order valence-corrected chi connectivity index (χ2v) is 12.4. The highest BCUT2D eigenvalue weighted by Crippen LogP contribution is 2.19. The Bertz CT molecular complexity index is 1210. The van der Waals surface area contributed by atoms with Crippen LogP contribution in [0.15, 0.2) is 60.7 Å². The molecule has 0 amide bonds. The number of nitrogens with one attached hydrogen (secondary N) is 3. The van der Waals surface area contributed by atoms with E-state index in [4.69, 9.17) is 9.72 Å². The second-order valence-electron chi connectivity index (χ2n) is 12.4. The first-order chi connectivity index (χ1) is 21.7. The smallest absolute Gasteiger partial charge is 0.225 e. The number of rotatable bonds is 17. The third-order valence-corrected chi connectivity index (χ3v) is 8.79. The van der Waals surface area contributed by atoms with Crippen LogP contribution in [0.3, 0.4) is 0 Å². The molecule has 1 aromatic heterocycles. The maximum absolute atomic E-state index is 5.83. The number of hydrogen-bond acceptors (Lipinski definition) is 8. The van der Waals surface area contributed by atoms with E-state index in [-0.39, 0.29) is 0 Å². The Morgan fingerprint density at radius 1 is 0.795 bits per heavy atom. The van der Waals surface area contributed by atoms with Crippen molar-refractivity contribution >= 4 is 11.8 Å². The van der Waals surface area contributed by atoms with Crippen molar-refractivity contribution in [1.82, 2.24) is 25.5 Å². The van der Waals surface area contributed by atoms with Gasteiger partial charge in [-0.2, -0.15) is 4.98 Å². The molecule has 3 aromatic rings. The highest BCUT2D eigenvalue weighted by molar-refractivity contribution is 5.45. The normalized spacial score (nSPS) is 16.2. The minimum Gasteiger partial charge on any atom is -0.494 e. The topological polar surface area (TPSA) is 77.6 Å². The van der Waals surface area contributed by atoms with Crippen molar-refractivity contribution in [1.29, 1.82) is 0 Å². The summed E-state index contributed by atoms with van der Waals surface area (Å²) in [4.78, 5) is 14.5. The molecule has 2 heterocycles. The fourth-order valence-electron chi connectivity index (χ4n) is 6.15. The number of aryl methyl sites for hydroxylation is 1. The summed E-state index contributed by atoms with van der Waals surface area (Å²) >= 11 is 0. The van der Waals surface area contributed by atoms with Gasteiger partial charge in [-0.15, -0.1) is 0 Å². The fourth-order valence-corrected chi connectivity index (χ4v) is 6.15. The average molecular weight is 600 g/mol. The minimum atomic E-state index is 0.702. The van der Waals surface area contributed by atoms with Gasteiger partial charge >= 0.3 is 0 Å². The molecule has 0 spiro atoms. The number of ether oxygens (including phenoxy) is 1. The molecule has 0 atom stereocenters. The number of para-hydroxylation sites is 1. The molecule has 5 rings (SSSR count). The zero-order valence-corrected chi connectivity index (χ0v) is 26.8. The van der Waals surface area contributed by atoms with Gasteiger partial charge in [0, 0.05) is 57.1 Å². The van der Waals surface area contributed by atoms with E-state index in [9.17, 15) is 0 Å². The van der Waals surface area contributed by atoms with Crippen molar-refractivity contribution in [2.75, 3.05) is 62.6 Å². The molecule has 1 saturated heterocycles. The van der Waals surface area contributed by atoms with Gasteiger partial charge in [0.25, 0.3) is 0 Å². The molecule has 0 radical (unpaired) electrons. The molecule has 0 bridgehead atoms. The Morgan fingerprint density at radius 2 is 1.55 bits per heavy atom. The van der Waals surface area contributed by atoms with E-state index in [0.29, 0.717) is 12.5 Å². The van der Waals surface area contributed by atoms with Crippen LogP contribution in [0.5, 0.6) is 5.75 Å². The summed E-state index contributed by atoms with van der Waals surface area (Å²) in [5.74, 6) is 2.68. The van der Waals surface area contributed by atoms with E-state index < -0.39 is 0 Å². The van der Waals surface area contributed by atoms with E-state index in [2.05, 4.69) is 68.0 Å². The molecule has 2 aromatic carbocycles. The molecule has 1 aliphatic heterocycles. The molecule has 1 aliphatic carbocycles. The summed E-state index contributed by atoms with van der Waals surface area (Å²) < 4.78 is 5.83. The van der Waals surface area contributed by atoms with Gasteiger partial charge in [-0.1, -0.05) is 61.7 Å². The Labute approximate surface area is 265 Å². The van der Waals surface area contributed by atoms with E-state index in [1.165, 1.54) is 49.7 Å². The zero-order chi connectivity index (χ0) is 30.2. The zero-order valence-electron chi connectivity index (χ0n) is 26.8. The number of unbranched alkanes of at least 4 members (excludes halogenated alkanes) is 1. The van der Waals surface area contributed by atoms with Crippen molar-refractivity contribution in [3.05, 3.63) is 77.5 Å². The van der Waals surface area contributed by atoms with E-state index in [1.807, 2.05) is 30.3 Å². The highest BCUT2D eigenvalue weighted by atomic mass is 16.5. The fraction of sp³-hybridized carbons (Fsp3) is 0.556. The summed E-state index contributed by atoms with van der Waals surface area (Å²) in [6.45, 7) is 11.8. The molecule has 238 valence electrons. The third kappa shape index (κ3) is 11.1. The quantitative estimate of drug-likeness (QED) is 0.169. The first-order valence-electron chi connectivity index (χ1n) is 17.0. The SMILES string of the molecule is Cc1cc(N2CCN(CCCCOc3ccccc3)CC2)nc(NCc2ccc(CNCCCNC3CCCCC3)cc2)n1. The Kier molecular flexibility index (Phi) is 13.1. The summed E-state index contributed by atoms with van der Waals surface area (Å²) in [5.41, 5.74) is 3.55. The van der Waals surface area contributed by atoms with E-state index >= 15 is 0 Å². The Hall–Kier alpha value is -3.20. The lowest BCUT2D eigenvalue weighted by atomic mass is 9.95. The molecular weight excluding hydrogens is 546 g/mol. The lowest BCUT2D eigenvalue weighted by molar-refractivity contribution is 0.238.